The first-order valence-corrected chi connectivity index (χ1v) is 5.59. The molecule has 2 N–H and O–H groups in total. The molecule has 1 rings (SSSR count). The molecule has 0 aliphatic rings. The maximum absolute atomic E-state index is 11.7. The lowest BCUT2D eigenvalue weighted by Gasteiger charge is -2.05. The van der Waals surface area contributed by atoms with Crippen LogP contribution in [0.5, 0.6) is 0 Å². The van der Waals surface area contributed by atoms with Gasteiger partial charge < -0.3 is 14.8 Å². The number of carboxylic acids is 1. The number of aromatic carboxylic acids is 1. The van der Waals surface area contributed by atoms with E-state index in [1.54, 1.807) is 6.92 Å². The van der Waals surface area contributed by atoms with Crippen LogP contribution in [0, 0.1) is 5.92 Å². The molecular weight excluding hydrogens is 222 g/mol. The number of nitrogens with one attached hydrogen (secondary N) is 1. The fraction of sp³-hybridized carbons (Fsp3) is 0.500. The number of carboxylic acid groups (broad SMARTS) is 1. The number of carbonyl (C=O) groups excluding carboxylic acids is 1. The predicted molar refractivity (Wildman–Crippen MR) is 62.2 cm³/mol. The summed E-state index contributed by atoms with van der Waals surface area (Å²) in [5, 5.41) is 11.6. The Balaban J connectivity index is 2.84. The third kappa shape index (κ3) is 3.34. The molecule has 0 aromatic carbocycles. The molecule has 0 fully saturated rings. The molecule has 1 aromatic heterocycles. The van der Waals surface area contributed by atoms with Crippen LogP contribution >= 0.6 is 0 Å². The molecule has 5 heteroatoms. The topological polar surface area (TPSA) is 79.5 Å². The highest BCUT2D eigenvalue weighted by Gasteiger charge is 2.19. The highest BCUT2D eigenvalue weighted by Crippen LogP contribution is 2.16. The van der Waals surface area contributed by atoms with E-state index in [4.69, 9.17) is 9.52 Å². The summed E-state index contributed by atoms with van der Waals surface area (Å²) in [4.78, 5) is 22.5. The zero-order valence-corrected chi connectivity index (χ0v) is 10.2. The molecule has 17 heavy (non-hydrogen) atoms. The minimum Gasteiger partial charge on any atom is -0.478 e. The van der Waals surface area contributed by atoms with E-state index in [-0.39, 0.29) is 17.2 Å². The van der Waals surface area contributed by atoms with Gasteiger partial charge in [-0.15, -0.1) is 0 Å². The first-order chi connectivity index (χ1) is 7.95. The van der Waals surface area contributed by atoms with Crippen LogP contribution in [-0.4, -0.2) is 23.5 Å². The molecule has 0 saturated heterocycles. The molecule has 1 aromatic rings. The van der Waals surface area contributed by atoms with Crippen LogP contribution < -0.4 is 5.32 Å². The van der Waals surface area contributed by atoms with Gasteiger partial charge in [-0.3, -0.25) is 4.79 Å². The van der Waals surface area contributed by atoms with Crippen LogP contribution in [-0.2, 0) is 6.42 Å². The summed E-state index contributed by atoms with van der Waals surface area (Å²) in [7, 11) is 0. The van der Waals surface area contributed by atoms with Crippen LogP contribution in [0.3, 0.4) is 0 Å². The maximum Gasteiger partial charge on any atom is 0.339 e. The molecule has 0 atom stereocenters. The van der Waals surface area contributed by atoms with Gasteiger partial charge in [0.15, 0.2) is 5.76 Å². The maximum atomic E-state index is 11.7. The van der Waals surface area contributed by atoms with E-state index in [1.807, 2.05) is 13.8 Å². The monoisotopic (exact) mass is 239 g/mol. The van der Waals surface area contributed by atoms with Crippen molar-refractivity contribution < 1.29 is 19.1 Å². The quantitative estimate of drug-likeness (QED) is 0.822. The lowest BCUT2D eigenvalue weighted by Crippen LogP contribution is -2.26. The molecule has 0 aliphatic heterocycles. The summed E-state index contributed by atoms with van der Waals surface area (Å²) < 4.78 is 5.23. The summed E-state index contributed by atoms with van der Waals surface area (Å²) in [6, 6.07) is 1.27. The number of hydrogen-bond donors (Lipinski definition) is 2. The molecule has 0 bridgehead atoms. The zero-order valence-electron chi connectivity index (χ0n) is 10.2. The summed E-state index contributed by atoms with van der Waals surface area (Å²) in [5.74, 6) is -0.736. The standard InChI is InChI=1S/C12H17NO4/c1-4-9-8(12(15)16)5-10(17-9)11(14)13-6-7(2)3/h5,7H,4,6H2,1-3H3,(H,13,14)(H,15,16). The third-order valence-corrected chi connectivity index (χ3v) is 2.26. The second-order valence-electron chi connectivity index (χ2n) is 4.21. The molecule has 0 saturated carbocycles. The molecule has 0 unspecified atom stereocenters. The summed E-state index contributed by atoms with van der Waals surface area (Å²) in [6.45, 7) is 6.26. The van der Waals surface area contributed by atoms with Crippen molar-refractivity contribution >= 4 is 11.9 Å². The number of aryl methyl sites for hydroxylation is 1. The van der Waals surface area contributed by atoms with E-state index in [1.165, 1.54) is 6.07 Å². The van der Waals surface area contributed by atoms with Crippen molar-refractivity contribution in [3.05, 3.63) is 23.2 Å². The largest absolute Gasteiger partial charge is 0.478 e. The second kappa shape index (κ2) is 5.52. The predicted octanol–water partition coefficient (Wildman–Crippen LogP) is 1.93. The van der Waals surface area contributed by atoms with E-state index in [2.05, 4.69) is 5.32 Å². The van der Waals surface area contributed by atoms with Crippen molar-refractivity contribution in [2.75, 3.05) is 6.54 Å². The molecule has 94 valence electrons. The zero-order chi connectivity index (χ0) is 13.0. The Kier molecular flexibility index (Phi) is 4.31. The van der Waals surface area contributed by atoms with Crippen LogP contribution in [0.1, 0.15) is 47.4 Å². The summed E-state index contributed by atoms with van der Waals surface area (Å²) >= 11 is 0. The molecule has 0 spiro atoms. The van der Waals surface area contributed by atoms with Crippen molar-refractivity contribution in [2.24, 2.45) is 5.92 Å². The van der Waals surface area contributed by atoms with Crippen molar-refractivity contribution in [3.8, 4) is 0 Å². The Labute approximate surface area is 99.8 Å². The van der Waals surface area contributed by atoms with Crippen LogP contribution in [0.4, 0.5) is 0 Å². The Morgan fingerprint density at radius 1 is 1.47 bits per heavy atom. The van der Waals surface area contributed by atoms with Crippen LogP contribution in [0.2, 0.25) is 0 Å². The van der Waals surface area contributed by atoms with E-state index < -0.39 is 5.97 Å². The van der Waals surface area contributed by atoms with Crippen molar-refractivity contribution in [1.82, 2.24) is 5.32 Å². The number of carbonyl (C=O) groups is 2. The Morgan fingerprint density at radius 3 is 2.53 bits per heavy atom. The molecule has 1 amide bonds. The highest BCUT2D eigenvalue weighted by atomic mass is 16.4. The number of hydrogen-bond acceptors (Lipinski definition) is 3. The smallest absolute Gasteiger partial charge is 0.339 e. The van der Waals surface area contributed by atoms with Crippen molar-refractivity contribution in [1.29, 1.82) is 0 Å². The van der Waals surface area contributed by atoms with Gasteiger partial charge in [-0.05, 0) is 5.92 Å². The highest BCUT2D eigenvalue weighted by molar-refractivity contribution is 5.96. The van der Waals surface area contributed by atoms with Gasteiger partial charge in [-0.25, -0.2) is 4.79 Å². The number of rotatable bonds is 5. The molecular formula is C12H17NO4. The van der Waals surface area contributed by atoms with E-state index in [9.17, 15) is 9.59 Å². The Bertz CT molecular complexity index is 420. The van der Waals surface area contributed by atoms with Gasteiger partial charge in [-0.1, -0.05) is 20.8 Å². The fourth-order valence-corrected chi connectivity index (χ4v) is 1.37. The fourth-order valence-electron chi connectivity index (χ4n) is 1.37. The van der Waals surface area contributed by atoms with Crippen LogP contribution in [0.15, 0.2) is 10.5 Å². The Hall–Kier alpha value is -1.78. The van der Waals surface area contributed by atoms with Gasteiger partial charge in [0.05, 0.1) is 0 Å². The third-order valence-electron chi connectivity index (χ3n) is 2.26. The van der Waals surface area contributed by atoms with E-state index in [0.717, 1.165) is 0 Å². The van der Waals surface area contributed by atoms with Gasteiger partial charge in [0.25, 0.3) is 5.91 Å². The SMILES string of the molecule is CCc1oc(C(=O)NCC(C)C)cc1C(=O)O. The molecule has 0 radical (unpaired) electrons. The average molecular weight is 239 g/mol. The first-order valence-electron chi connectivity index (χ1n) is 5.59. The lowest BCUT2D eigenvalue weighted by molar-refractivity contribution is 0.0694. The van der Waals surface area contributed by atoms with Gasteiger partial charge >= 0.3 is 5.97 Å². The van der Waals surface area contributed by atoms with Crippen molar-refractivity contribution in [3.63, 3.8) is 0 Å². The summed E-state index contributed by atoms with van der Waals surface area (Å²) in [5.41, 5.74) is 0.0576. The normalized spacial score (nSPS) is 10.6. The van der Waals surface area contributed by atoms with Gasteiger partial charge in [-0.2, -0.15) is 0 Å². The number of furan rings is 1. The van der Waals surface area contributed by atoms with Gasteiger partial charge in [0.2, 0.25) is 0 Å². The van der Waals surface area contributed by atoms with Crippen LogP contribution in [0.25, 0.3) is 0 Å². The van der Waals surface area contributed by atoms with E-state index in [0.29, 0.717) is 24.6 Å². The van der Waals surface area contributed by atoms with E-state index >= 15 is 0 Å². The van der Waals surface area contributed by atoms with Gasteiger partial charge in [0.1, 0.15) is 11.3 Å². The molecule has 1 heterocycles. The van der Waals surface area contributed by atoms with Crippen molar-refractivity contribution in [2.45, 2.75) is 27.2 Å². The second-order valence-corrected chi connectivity index (χ2v) is 4.21. The minimum atomic E-state index is -1.08. The van der Waals surface area contributed by atoms with Gasteiger partial charge in [0, 0.05) is 19.0 Å². The average Bonchev–Trinajstić information content (AvgIpc) is 2.69. The first kappa shape index (κ1) is 13.3. The molecule has 5 nitrogen and oxygen atoms in total. The lowest BCUT2D eigenvalue weighted by atomic mass is 10.2. The number of amides is 1. The minimum absolute atomic E-state index is 0.0555. The Morgan fingerprint density at radius 2 is 2.12 bits per heavy atom. The molecule has 0 aliphatic carbocycles. The summed E-state index contributed by atoms with van der Waals surface area (Å²) in [6.07, 6.45) is 0.444.